The maximum atomic E-state index is 6.71. The first-order valence-corrected chi connectivity index (χ1v) is 14.1. The zero-order valence-corrected chi connectivity index (χ0v) is 22.3. The van der Waals surface area contributed by atoms with Crippen LogP contribution in [0.15, 0.2) is 150 Å². The molecule has 41 heavy (non-hydrogen) atoms. The van der Waals surface area contributed by atoms with Gasteiger partial charge >= 0.3 is 0 Å². The number of benzene rings is 7. The molecular weight excluding hydrogens is 496 g/mol. The van der Waals surface area contributed by atoms with Crippen molar-refractivity contribution < 1.29 is 4.42 Å². The average molecular weight is 521 g/mol. The molecule has 0 saturated heterocycles. The van der Waals surface area contributed by atoms with Crippen molar-refractivity contribution in [3.63, 3.8) is 0 Å². The Morgan fingerprint density at radius 3 is 1.66 bits per heavy atom. The van der Waals surface area contributed by atoms with Crippen molar-refractivity contribution in [2.75, 3.05) is 0 Å². The highest BCUT2D eigenvalue weighted by molar-refractivity contribution is 6.17. The van der Waals surface area contributed by atoms with Crippen LogP contribution in [-0.2, 0) is 0 Å². The lowest BCUT2D eigenvalue weighted by atomic mass is 9.94. The molecule has 0 unspecified atom stereocenters. The molecule has 0 N–H and O–H groups in total. The van der Waals surface area contributed by atoms with E-state index in [1.807, 2.05) is 6.07 Å². The lowest BCUT2D eigenvalue weighted by molar-refractivity contribution is 0.671. The summed E-state index contributed by atoms with van der Waals surface area (Å²) in [6.45, 7) is 0. The summed E-state index contributed by atoms with van der Waals surface area (Å²) < 4.78 is 6.71. The van der Waals surface area contributed by atoms with Crippen molar-refractivity contribution in [2.24, 2.45) is 0 Å². The molecule has 190 valence electrons. The third-order valence-electron chi connectivity index (χ3n) is 8.60. The maximum Gasteiger partial charge on any atom is 0.143 e. The van der Waals surface area contributed by atoms with Crippen molar-refractivity contribution in [3.8, 4) is 55.6 Å². The van der Waals surface area contributed by atoms with Crippen LogP contribution in [0.2, 0.25) is 0 Å². The molecule has 0 spiro atoms. The van der Waals surface area contributed by atoms with Crippen molar-refractivity contribution >= 4 is 32.7 Å². The van der Waals surface area contributed by atoms with Crippen LogP contribution < -0.4 is 0 Å². The molecule has 1 heteroatoms. The smallest absolute Gasteiger partial charge is 0.143 e. The molecule has 0 aliphatic heterocycles. The lowest BCUT2D eigenvalue weighted by Crippen LogP contribution is -1.84. The van der Waals surface area contributed by atoms with Crippen LogP contribution in [0.5, 0.6) is 0 Å². The first-order chi connectivity index (χ1) is 20.3. The molecule has 7 aromatic carbocycles. The summed E-state index contributed by atoms with van der Waals surface area (Å²) in [5.74, 6) is 0. The van der Waals surface area contributed by atoms with Gasteiger partial charge in [-0.2, -0.15) is 0 Å². The van der Waals surface area contributed by atoms with E-state index < -0.39 is 0 Å². The molecule has 8 aromatic rings. The van der Waals surface area contributed by atoms with Gasteiger partial charge in [0.2, 0.25) is 0 Å². The maximum absolute atomic E-state index is 6.71. The van der Waals surface area contributed by atoms with Gasteiger partial charge in [0.15, 0.2) is 0 Å². The molecule has 0 saturated carbocycles. The summed E-state index contributed by atoms with van der Waals surface area (Å²) in [7, 11) is 0. The fourth-order valence-electron chi connectivity index (χ4n) is 6.74. The van der Waals surface area contributed by atoms with E-state index in [-0.39, 0.29) is 0 Å². The van der Waals surface area contributed by atoms with E-state index in [9.17, 15) is 0 Å². The monoisotopic (exact) mass is 520 g/mol. The van der Waals surface area contributed by atoms with Gasteiger partial charge in [0.1, 0.15) is 11.2 Å². The van der Waals surface area contributed by atoms with E-state index in [4.69, 9.17) is 4.42 Å². The molecule has 1 aromatic heterocycles. The van der Waals surface area contributed by atoms with Crippen LogP contribution in [0, 0.1) is 0 Å². The molecule has 1 aliphatic rings. The Hall–Kier alpha value is -5.40. The minimum Gasteiger partial charge on any atom is -0.455 e. The van der Waals surface area contributed by atoms with E-state index in [0.29, 0.717) is 0 Å². The molecule has 1 nitrogen and oxygen atoms in total. The Labute approximate surface area is 237 Å². The van der Waals surface area contributed by atoms with Crippen LogP contribution in [-0.4, -0.2) is 0 Å². The average Bonchev–Trinajstić information content (AvgIpc) is 3.59. The number of hydrogen-bond acceptors (Lipinski definition) is 1. The lowest BCUT2D eigenvalue weighted by Gasteiger charge is -2.10. The minimum absolute atomic E-state index is 0.929. The first-order valence-electron chi connectivity index (χ1n) is 14.1. The van der Waals surface area contributed by atoms with Crippen LogP contribution in [0.4, 0.5) is 0 Å². The summed E-state index contributed by atoms with van der Waals surface area (Å²) >= 11 is 0. The zero-order valence-electron chi connectivity index (χ0n) is 22.3. The summed E-state index contributed by atoms with van der Waals surface area (Å²) in [6.07, 6.45) is 0. The highest BCUT2D eigenvalue weighted by Gasteiger charge is 2.22. The topological polar surface area (TPSA) is 13.1 Å². The number of fused-ring (bicyclic) bond motifs is 6. The fraction of sp³-hybridized carbons (Fsp3) is 0. The van der Waals surface area contributed by atoms with Crippen molar-refractivity contribution in [1.29, 1.82) is 0 Å². The van der Waals surface area contributed by atoms with Gasteiger partial charge in [-0.05, 0) is 73.5 Å². The third-order valence-corrected chi connectivity index (χ3v) is 8.60. The third kappa shape index (κ3) is 3.30. The Morgan fingerprint density at radius 2 is 0.878 bits per heavy atom. The fourth-order valence-corrected chi connectivity index (χ4v) is 6.74. The molecule has 0 amide bonds. The Bertz CT molecular complexity index is 2300. The summed E-state index contributed by atoms with van der Waals surface area (Å²) in [5.41, 5.74) is 14.1. The van der Waals surface area contributed by atoms with E-state index in [1.54, 1.807) is 0 Å². The number of para-hydroxylation sites is 2. The van der Waals surface area contributed by atoms with Gasteiger partial charge in [0.25, 0.3) is 0 Å². The quantitative estimate of drug-likeness (QED) is 0.226. The van der Waals surface area contributed by atoms with Gasteiger partial charge in [-0.25, -0.2) is 0 Å². The van der Waals surface area contributed by atoms with Gasteiger partial charge in [-0.1, -0.05) is 127 Å². The van der Waals surface area contributed by atoms with Crippen LogP contribution in [0.1, 0.15) is 0 Å². The van der Waals surface area contributed by atoms with Crippen molar-refractivity contribution in [2.45, 2.75) is 0 Å². The second-order valence-corrected chi connectivity index (χ2v) is 10.9. The Balaban J connectivity index is 1.22. The normalized spacial score (nSPS) is 11.9. The summed E-state index contributed by atoms with van der Waals surface area (Å²) in [6, 6.07) is 52.4. The zero-order chi connectivity index (χ0) is 26.9. The van der Waals surface area contributed by atoms with Crippen molar-refractivity contribution in [3.05, 3.63) is 146 Å². The van der Waals surface area contributed by atoms with Gasteiger partial charge in [0, 0.05) is 21.9 Å². The molecule has 0 radical (unpaired) electrons. The van der Waals surface area contributed by atoms with Crippen LogP contribution >= 0.6 is 0 Å². The second-order valence-electron chi connectivity index (χ2n) is 10.9. The molecule has 9 rings (SSSR count). The van der Waals surface area contributed by atoms with Crippen LogP contribution in [0.3, 0.4) is 0 Å². The van der Waals surface area contributed by atoms with E-state index >= 15 is 0 Å². The highest BCUT2D eigenvalue weighted by atomic mass is 16.3. The Kier molecular flexibility index (Phi) is 4.67. The van der Waals surface area contributed by atoms with E-state index in [2.05, 4.69) is 140 Å². The van der Waals surface area contributed by atoms with Gasteiger partial charge < -0.3 is 4.42 Å². The molecular formula is C40H24O. The molecule has 0 atom stereocenters. The molecule has 0 fully saturated rings. The summed E-state index contributed by atoms with van der Waals surface area (Å²) in [4.78, 5) is 0. The van der Waals surface area contributed by atoms with Gasteiger partial charge in [-0.3, -0.25) is 0 Å². The second kappa shape index (κ2) is 8.55. The van der Waals surface area contributed by atoms with E-state index in [0.717, 1.165) is 44.2 Å². The number of furan rings is 1. The van der Waals surface area contributed by atoms with Gasteiger partial charge in [0.05, 0.1) is 0 Å². The standard InChI is InChI=1S/C40H24O/c1-2-10-25(11-3-1)30-17-8-20-35-36-21-9-18-31(40(36)41-39(30)35)27-13-6-12-26(22-27)29-23-28-14-7-19-34-32-15-4-5-16-33(32)37(24-29)38(28)34/h1-24H. The predicted molar refractivity (Wildman–Crippen MR) is 172 cm³/mol. The molecule has 0 bridgehead atoms. The highest BCUT2D eigenvalue weighted by Crippen LogP contribution is 2.49. The SMILES string of the molecule is c1ccc(-c2cccc3c2oc2c(-c4cccc(-c5cc6c7c(cccc7c5)-c5ccccc5-6)c4)cccc23)cc1. The first kappa shape index (κ1) is 22.4. The van der Waals surface area contributed by atoms with Crippen LogP contribution in [0.25, 0.3) is 88.3 Å². The van der Waals surface area contributed by atoms with Gasteiger partial charge in [-0.15, -0.1) is 0 Å². The number of rotatable bonds is 3. The summed E-state index contributed by atoms with van der Waals surface area (Å²) in [5, 5.41) is 4.93. The molecule has 1 heterocycles. The predicted octanol–water partition coefficient (Wildman–Crippen LogP) is 11.4. The number of hydrogen-bond donors (Lipinski definition) is 0. The van der Waals surface area contributed by atoms with E-state index in [1.165, 1.54) is 44.2 Å². The molecule has 1 aliphatic carbocycles. The minimum atomic E-state index is 0.929. The Morgan fingerprint density at radius 1 is 0.317 bits per heavy atom. The largest absolute Gasteiger partial charge is 0.455 e. The van der Waals surface area contributed by atoms with Crippen molar-refractivity contribution in [1.82, 2.24) is 0 Å².